The average molecular weight is 172 g/mol. The first kappa shape index (κ1) is 6.92. The monoisotopic (exact) mass is 171 g/mol. The number of halogens is 2. The first-order chi connectivity index (χ1) is 5.27. The molecule has 0 atom stereocenters. The quantitative estimate of drug-likeness (QED) is 0.632. The van der Waals surface area contributed by atoms with Crippen molar-refractivity contribution in [2.45, 2.75) is 6.42 Å². The van der Waals surface area contributed by atoms with E-state index in [9.17, 15) is 4.39 Å². The predicted octanol–water partition coefficient (Wildman–Crippen LogP) is 2.45. The zero-order valence-corrected chi connectivity index (χ0v) is 6.58. The van der Waals surface area contributed by atoms with E-state index in [-0.39, 0.29) is 5.82 Å². The van der Waals surface area contributed by atoms with Crippen molar-refractivity contribution < 1.29 is 4.39 Å². The normalized spacial score (nSPS) is 14.4. The Bertz CT molecular complexity index is 298. The third-order valence-electron chi connectivity index (χ3n) is 1.83. The molecular formula is C8H7ClFN. The van der Waals surface area contributed by atoms with Crippen LogP contribution in [0.2, 0.25) is 5.02 Å². The molecule has 0 amide bonds. The number of benzene rings is 1. The van der Waals surface area contributed by atoms with Crippen LogP contribution in [-0.4, -0.2) is 6.54 Å². The van der Waals surface area contributed by atoms with E-state index < -0.39 is 0 Å². The van der Waals surface area contributed by atoms with Gasteiger partial charge in [-0.1, -0.05) is 11.6 Å². The Morgan fingerprint density at radius 2 is 2.27 bits per heavy atom. The molecule has 0 bridgehead atoms. The molecule has 1 heterocycles. The molecule has 0 unspecified atom stereocenters. The van der Waals surface area contributed by atoms with Gasteiger partial charge in [0.25, 0.3) is 0 Å². The van der Waals surface area contributed by atoms with Crippen molar-refractivity contribution in [3.63, 3.8) is 0 Å². The topological polar surface area (TPSA) is 12.0 Å². The van der Waals surface area contributed by atoms with Crippen LogP contribution in [0, 0.1) is 5.82 Å². The molecule has 0 aliphatic carbocycles. The summed E-state index contributed by atoms with van der Waals surface area (Å²) in [5.41, 5.74) is 1.88. The summed E-state index contributed by atoms with van der Waals surface area (Å²) in [6.07, 6.45) is 0.868. The highest BCUT2D eigenvalue weighted by Gasteiger charge is 2.14. The molecule has 1 aliphatic heterocycles. The second-order valence-corrected chi connectivity index (χ2v) is 3.01. The van der Waals surface area contributed by atoms with Gasteiger partial charge in [0.15, 0.2) is 0 Å². The van der Waals surface area contributed by atoms with Gasteiger partial charge in [-0.2, -0.15) is 0 Å². The van der Waals surface area contributed by atoms with Crippen molar-refractivity contribution >= 4 is 17.3 Å². The van der Waals surface area contributed by atoms with Gasteiger partial charge < -0.3 is 5.32 Å². The van der Waals surface area contributed by atoms with Gasteiger partial charge in [-0.3, -0.25) is 0 Å². The summed E-state index contributed by atoms with van der Waals surface area (Å²) in [6, 6.07) is 2.86. The van der Waals surface area contributed by atoms with Crippen molar-refractivity contribution in [3.8, 4) is 0 Å². The van der Waals surface area contributed by atoms with E-state index in [1.165, 1.54) is 12.1 Å². The fourth-order valence-corrected chi connectivity index (χ4v) is 1.64. The Labute approximate surface area is 69.2 Å². The van der Waals surface area contributed by atoms with Gasteiger partial charge in [-0.25, -0.2) is 4.39 Å². The summed E-state index contributed by atoms with van der Waals surface area (Å²) in [6.45, 7) is 0.860. The van der Waals surface area contributed by atoms with Gasteiger partial charge in [0.2, 0.25) is 0 Å². The van der Waals surface area contributed by atoms with Crippen LogP contribution in [0.5, 0.6) is 0 Å². The number of fused-ring (bicyclic) bond motifs is 1. The molecule has 0 saturated heterocycles. The van der Waals surface area contributed by atoms with Gasteiger partial charge in [0, 0.05) is 6.54 Å². The van der Waals surface area contributed by atoms with Crippen LogP contribution >= 0.6 is 11.6 Å². The smallest absolute Gasteiger partial charge is 0.125 e. The van der Waals surface area contributed by atoms with Gasteiger partial charge in [0.1, 0.15) is 5.82 Å². The summed E-state index contributed by atoms with van der Waals surface area (Å²) < 4.78 is 12.7. The second-order valence-electron chi connectivity index (χ2n) is 2.60. The molecule has 1 aliphatic rings. The Balaban J connectivity index is 2.60. The maximum absolute atomic E-state index is 12.7. The van der Waals surface area contributed by atoms with Gasteiger partial charge in [0.05, 0.1) is 10.7 Å². The van der Waals surface area contributed by atoms with E-state index in [1.807, 2.05) is 0 Å². The Morgan fingerprint density at radius 1 is 1.45 bits per heavy atom. The van der Waals surface area contributed by atoms with E-state index in [2.05, 4.69) is 5.32 Å². The van der Waals surface area contributed by atoms with Crippen molar-refractivity contribution in [3.05, 3.63) is 28.5 Å². The molecule has 0 aromatic heterocycles. The van der Waals surface area contributed by atoms with E-state index in [1.54, 1.807) is 0 Å². The van der Waals surface area contributed by atoms with Crippen LogP contribution in [0.4, 0.5) is 10.1 Å². The molecule has 0 radical (unpaired) electrons. The van der Waals surface area contributed by atoms with Crippen LogP contribution < -0.4 is 5.32 Å². The molecular weight excluding hydrogens is 165 g/mol. The van der Waals surface area contributed by atoms with Crippen LogP contribution in [0.25, 0.3) is 0 Å². The minimum Gasteiger partial charge on any atom is -0.383 e. The number of hydrogen-bond donors (Lipinski definition) is 1. The molecule has 0 saturated carbocycles. The lowest BCUT2D eigenvalue weighted by Crippen LogP contribution is -1.91. The van der Waals surface area contributed by atoms with Crippen molar-refractivity contribution in [2.75, 3.05) is 11.9 Å². The van der Waals surface area contributed by atoms with Crippen LogP contribution in [0.1, 0.15) is 5.56 Å². The van der Waals surface area contributed by atoms with Crippen molar-refractivity contribution in [1.29, 1.82) is 0 Å². The maximum atomic E-state index is 12.7. The largest absolute Gasteiger partial charge is 0.383 e. The third-order valence-corrected chi connectivity index (χ3v) is 2.13. The Morgan fingerprint density at radius 3 is 3.09 bits per heavy atom. The zero-order valence-electron chi connectivity index (χ0n) is 5.82. The molecule has 0 spiro atoms. The zero-order chi connectivity index (χ0) is 7.84. The maximum Gasteiger partial charge on any atom is 0.125 e. The SMILES string of the molecule is Fc1cc(Cl)c2c(c1)CCN2. The molecule has 1 nitrogen and oxygen atoms in total. The molecule has 2 rings (SSSR count). The van der Waals surface area contributed by atoms with Crippen molar-refractivity contribution in [2.24, 2.45) is 0 Å². The molecule has 1 aromatic rings. The molecule has 0 fully saturated rings. The van der Waals surface area contributed by atoms with Crippen LogP contribution in [-0.2, 0) is 6.42 Å². The van der Waals surface area contributed by atoms with E-state index >= 15 is 0 Å². The first-order valence-corrected chi connectivity index (χ1v) is 3.87. The van der Waals surface area contributed by atoms with Gasteiger partial charge >= 0.3 is 0 Å². The molecule has 1 aromatic carbocycles. The number of hydrogen-bond acceptors (Lipinski definition) is 1. The lowest BCUT2D eigenvalue weighted by atomic mass is 10.2. The minimum absolute atomic E-state index is 0.252. The molecule has 1 N–H and O–H groups in total. The predicted molar refractivity (Wildman–Crippen MR) is 43.6 cm³/mol. The summed E-state index contributed by atoms with van der Waals surface area (Å²) in [4.78, 5) is 0. The standard InChI is InChI=1S/C8H7ClFN/c9-7-4-6(10)3-5-1-2-11-8(5)7/h3-4,11H,1-2H2. The minimum atomic E-state index is -0.252. The van der Waals surface area contributed by atoms with Crippen LogP contribution in [0.3, 0.4) is 0 Å². The summed E-state index contributed by atoms with van der Waals surface area (Å²) >= 11 is 5.77. The lowest BCUT2D eigenvalue weighted by molar-refractivity contribution is 0.626. The second kappa shape index (κ2) is 2.38. The summed E-state index contributed by atoms with van der Waals surface area (Å²) in [5.74, 6) is -0.252. The molecule has 11 heavy (non-hydrogen) atoms. The molecule has 3 heteroatoms. The third kappa shape index (κ3) is 1.07. The summed E-state index contributed by atoms with van der Waals surface area (Å²) in [7, 11) is 0. The summed E-state index contributed by atoms with van der Waals surface area (Å²) in [5, 5.41) is 3.58. The van der Waals surface area contributed by atoms with Crippen LogP contribution in [0.15, 0.2) is 12.1 Å². The Kier molecular flexibility index (Phi) is 1.50. The van der Waals surface area contributed by atoms with E-state index in [0.29, 0.717) is 5.02 Å². The highest BCUT2D eigenvalue weighted by Crippen LogP contribution is 2.31. The number of anilines is 1. The fraction of sp³-hybridized carbons (Fsp3) is 0.250. The Hall–Kier alpha value is -0.760. The molecule has 58 valence electrons. The van der Waals surface area contributed by atoms with Gasteiger partial charge in [-0.05, 0) is 24.1 Å². The average Bonchev–Trinajstić information content (AvgIpc) is 2.34. The number of nitrogens with one attached hydrogen (secondary N) is 1. The lowest BCUT2D eigenvalue weighted by Gasteiger charge is -2.01. The van der Waals surface area contributed by atoms with Crippen molar-refractivity contribution in [1.82, 2.24) is 0 Å². The van der Waals surface area contributed by atoms with E-state index in [0.717, 1.165) is 24.2 Å². The highest BCUT2D eigenvalue weighted by atomic mass is 35.5. The highest BCUT2D eigenvalue weighted by molar-refractivity contribution is 6.33. The first-order valence-electron chi connectivity index (χ1n) is 3.49. The van der Waals surface area contributed by atoms with E-state index in [4.69, 9.17) is 11.6 Å². The fourth-order valence-electron chi connectivity index (χ4n) is 1.34. The van der Waals surface area contributed by atoms with Gasteiger partial charge in [-0.15, -0.1) is 0 Å². The number of rotatable bonds is 0.